The predicted molar refractivity (Wildman–Crippen MR) is 84.2 cm³/mol. The predicted octanol–water partition coefficient (Wildman–Crippen LogP) is 0.656. The topological polar surface area (TPSA) is 83.4 Å². The molecule has 0 aromatic carbocycles. The lowest BCUT2D eigenvalue weighted by atomic mass is 10.2. The minimum absolute atomic E-state index is 0.0881. The maximum absolute atomic E-state index is 13.7. The molecule has 2 aliphatic heterocycles. The molecule has 0 radical (unpaired) electrons. The standard InChI is InChI=1S/C15H23FN6O2/c1-2-17-15(24)22-8-11(16)7-12(22)9-21-10-13(18-19-21)14(23)20-5-3-4-6-20/h10-12H,2-9H2,1H3,(H,17,24). The Morgan fingerprint density at radius 1 is 1.38 bits per heavy atom. The summed E-state index contributed by atoms with van der Waals surface area (Å²) in [6, 6.07) is -0.556. The minimum atomic E-state index is -1.04. The van der Waals surface area contributed by atoms with Gasteiger partial charge in [-0.25, -0.2) is 13.9 Å². The van der Waals surface area contributed by atoms with E-state index in [1.54, 1.807) is 11.1 Å². The van der Waals surface area contributed by atoms with Crippen LogP contribution in [0.5, 0.6) is 0 Å². The smallest absolute Gasteiger partial charge is 0.317 e. The molecule has 9 heteroatoms. The van der Waals surface area contributed by atoms with Gasteiger partial charge in [0.1, 0.15) is 6.17 Å². The van der Waals surface area contributed by atoms with E-state index in [1.807, 2.05) is 6.92 Å². The number of likely N-dealkylation sites (tertiary alicyclic amines) is 2. The Hall–Kier alpha value is -2.19. The fourth-order valence-corrected chi connectivity index (χ4v) is 3.32. The number of aromatic nitrogens is 3. The third kappa shape index (κ3) is 3.49. The molecule has 0 saturated carbocycles. The maximum atomic E-state index is 13.7. The number of amides is 3. The van der Waals surface area contributed by atoms with E-state index in [9.17, 15) is 14.0 Å². The molecule has 1 N–H and O–H groups in total. The Kier molecular flexibility index (Phi) is 4.96. The van der Waals surface area contributed by atoms with Gasteiger partial charge in [0.15, 0.2) is 5.69 Å². The average Bonchev–Trinajstić information content (AvgIpc) is 3.28. The largest absolute Gasteiger partial charge is 0.338 e. The van der Waals surface area contributed by atoms with Gasteiger partial charge in [-0.2, -0.15) is 0 Å². The second-order valence-corrected chi connectivity index (χ2v) is 6.30. The van der Waals surface area contributed by atoms with Gasteiger partial charge in [0.2, 0.25) is 0 Å². The molecule has 24 heavy (non-hydrogen) atoms. The van der Waals surface area contributed by atoms with Crippen LogP contribution in [-0.2, 0) is 6.54 Å². The zero-order chi connectivity index (χ0) is 17.1. The van der Waals surface area contributed by atoms with E-state index in [4.69, 9.17) is 0 Å². The van der Waals surface area contributed by atoms with E-state index >= 15 is 0 Å². The van der Waals surface area contributed by atoms with Gasteiger partial charge in [-0.1, -0.05) is 5.21 Å². The van der Waals surface area contributed by atoms with Crippen molar-refractivity contribution in [3.05, 3.63) is 11.9 Å². The molecule has 2 aliphatic rings. The molecule has 8 nitrogen and oxygen atoms in total. The van der Waals surface area contributed by atoms with Crippen LogP contribution < -0.4 is 5.32 Å². The Balaban J connectivity index is 1.64. The van der Waals surface area contributed by atoms with Gasteiger partial charge in [-0.3, -0.25) is 4.79 Å². The molecule has 2 atom stereocenters. The summed E-state index contributed by atoms with van der Waals surface area (Å²) in [5.74, 6) is -0.117. The van der Waals surface area contributed by atoms with E-state index in [-0.39, 0.29) is 30.9 Å². The maximum Gasteiger partial charge on any atom is 0.317 e. The highest BCUT2D eigenvalue weighted by Gasteiger charge is 2.35. The number of hydrogen-bond donors (Lipinski definition) is 1. The summed E-state index contributed by atoms with van der Waals surface area (Å²) in [5.41, 5.74) is 0.302. The summed E-state index contributed by atoms with van der Waals surface area (Å²) in [6.07, 6.45) is 2.85. The number of nitrogens with one attached hydrogen (secondary N) is 1. The van der Waals surface area contributed by atoms with Gasteiger partial charge < -0.3 is 15.1 Å². The quantitative estimate of drug-likeness (QED) is 0.874. The number of nitrogens with zero attached hydrogens (tertiary/aromatic N) is 5. The summed E-state index contributed by atoms with van der Waals surface area (Å²) >= 11 is 0. The molecule has 0 spiro atoms. The number of rotatable bonds is 4. The van der Waals surface area contributed by atoms with Crippen LogP contribution in [0.4, 0.5) is 9.18 Å². The molecule has 132 valence electrons. The van der Waals surface area contributed by atoms with Crippen LogP contribution in [-0.4, -0.2) is 75.1 Å². The van der Waals surface area contributed by atoms with Gasteiger partial charge in [0.05, 0.1) is 25.3 Å². The van der Waals surface area contributed by atoms with Crippen molar-refractivity contribution in [2.45, 2.75) is 44.9 Å². The zero-order valence-electron chi connectivity index (χ0n) is 13.8. The summed E-state index contributed by atoms with van der Waals surface area (Å²) < 4.78 is 15.3. The first-order valence-corrected chi connectivity index (χ1v) is 8.46. The monoisotopic (exact) mass is 338 g/mol. The van der Waals surface area contributed by atoms with Crippen LogP contribution in [0, 0.1) is 0 Å². The molecular formula is C15H23FN6O2. The van der Waals surface area contributed by atoms with Crippen LogP contribution in [0.1, 0.15) is 36.7 Å². The number of carbonyl (C=O) groups excluding carboxylic acids is 2. The van der Waals surface area contributed by atoms with Crippen molar-refractivity contribution in [1.82, 2.24) is 30.1 Å². The molecule has 3 amide bonds. The van der Waals surface area contributed by atoms with Gasteiger partial charge >= 0.3 is 6.03 Å². The summed E-state index contributed by atoms with van der Waals surface area (Å²) in [6.45, 7) is 4.24. The van der Waals surface area contributed by atoms with Gasteiger partial charge in [-0.05, 0) is 19.8 Å². The second-order valence-electron chi connectivity index (χ2n) is 6.30. The molecule has 1 aromatic heterocycles. The molecule has 2 unspecified atom stereocenters. The van der Waals surface area contributed by atoms with Crippen molar-refractivity contribution in [3.8, 4) is 0 Å². The SMILES string of the molecule is CCNC(=O)N1CC(F)CC1Cn1cc(C(=O)N2CCCC2)nn1. The fraction of sp³-hybridized carbons (Fsp3) is 0.733. The fourth-order valence-electron chi connectivity index (χ4n) is 3.32. The number of halogens is 1. The molecule has 0 bridgehead atoms. The molecule has 1 aromatic rings. The normalized spacial score (nSPS) is 23.8. The van der Waals surface area contributed by atoms with E-state index in [0.29, 0.717) is 18.8 Å². The van der Waals surface area contributed by atoms with Crippen LogP contribution in [0.25, 0.3) is 0 Å². The minimum Gasteiger partial charge on any atom is -0.338 e. The van der Waals surface area contributed by atoms with Crippen molar-refractivity contribution in [2.75, 3.05) is 26.2 Å². The van der Waals surface area contributed by atoms with E-state index in [0.717, 1.165) is 25.9 Å². The highest BCUT2D eigenvalue weighted by Crippen LogP contribution is 2.22. The first kappa shape index (κ1) is 16.7. The van der Waals surface area contributed by atoms with Crippen molar-refractivity contribution < 1.29 is 14.0 Å². The van der Waals surface area contributed by atoms with Crippen molar-refractivity contribution in [3.63, 3.8) is 0 Å². The molecule has 3 heterocycles. The molecule has 2 fully saturated rings. The zero-order valence-corrected chi connectivity index (χ0v) is 13.8. The number of carbonyl (C=O) groups is 2. The third-order valence-corrected chi connectivity index (χ3v) is 4.50. The average molecular weight is 338 g/mol. The summed E-state index contributed by atoms with van der Waals surface area (Å²) in [4.78, 5) is 27.6. The lowest BCUT2D eigenvalue weighted by molar-refractivity contribution is 0.0787. The second kappa shape index (κ2) is 7.14. The lowest BCUT2D eigenvalue weighted by Gasteiger charge is -2.24. The van der Waals surface area contributed by atoms with E-state index in [2.05, 4.69) is 15.6 Å². The molecule has 0 aliphatic carbocycles. The van der Waals surface area contributed by atoms with Crippen molar-refractivity contribution in [1.29, 1.82) is 0 Å². The number of urea groups is 1. The lowest BCUT2D eigenvalue weighted by Crippen LogP contribution is -2.44. The highest BCUT2D eigenvalue weighted by atomic mass is 19.1. The van der Waals surface area contributed by atoms with Crippen molar-refractivity contribution >= 4 is 11.9 Å². The third-order valence-electron chi connectivity index (χ3n) is 4.50. The summed E-state index contributed by atoms with van der Waals surface area (Å²) in [7, 11) is 0. The van der Waals surface area contributed by atoms with Crippen LogP contribution >= 0.6 is 0 Å². The number of hydrogen-bond acceptors (Lipinski definition) is 4. The number of alkyl halides is 1. The van der Waals surface area contributed by atoms with Crippen LogP contribution in [0.3, 0.4) is 0 Å². The Morgan fingerprint density at radius 2 is 2.12 bits per heavy atom. The highest BCUT2D eigenvalue weighted by molar-refractivity contribution is 5.92. The molecule has 2 saturated heterocycles. The van der Waals surface area contributed by atoms with E-state index in [1.165, 1.54) is 9.58 Å². The first-order chi connectivity index (χ1) is 11.6. The van der Waals surface area contributed by atoms with Gasteiger partial charge in [0, 0.05) is 26.1 Å². The Bertz CT molecular complexity index is 601. The Morgan fingerprint density at radius 3 is 2.83 bits per heavy atom. The van der Waals surface area contributed by atoms with E-state index < -0.39 is 6.17 Å². The molecule has 3 rings (SSSR count). The van der Waals surface area contributed by atoms with Gasteiger partial charge in [-0.15, -0.1) is 5.10 Å². The van der Waals surface area contributed by atoms with Crippen LogP contribution in [0.2, 0.25) is 0 Å². The molecular weight excluding hydrogens is 315 g/mol. The van der Waals surface area contributed by atoms with Crippen molar-refractivity contribution in [2.24, 2.45) is 0 Å². The first-order valence-electron chi connectivity index (χ1n) is 8.46. The van der Waals surface area contributed by atoms with Crippen LogP contribution in [0.15, 0.2) is 6.20 Å². The Labute approximate surface area is 140 Å². The van der Waals surface area contributed by atoms with Gasteiger partial charge in [0.25, 0.3) is 5.91 Å². The summed E-state index contributed by atoms with van der Waals surface area (Å²) in [5, 5.41) is 10.6.